The van der Waals surface area contributed by atoms with E-state index in [4.69, 9.17) is 0 Å². The molecule has 0 aliphatic rings. The molecule has 1 aromatic rings. The summed E-state index contributed by atoms with van der Waals surface area (Å²) in [5.74, 6) is -1.86. The van der Waals surface area contributed by atoms with Gasteiger partial charge in [0.1, 0.15) is 0 Å². The molecule has 0 aliphatic carbocycles. The Balaban J connectivity index is 3.06. The molecule has 6 nitrogen and oxygen atoms in total. The minimum Gasteiger partial charge on any atom is -0.460 e. The average molecular weight is 279 g/mol. The van der Waals surface area contributed by atoms with Gasteiger partial charge in [-0.15, -0.1) is 0 Å². The number of ether oxygens (including phenoxy) is 1. The molecule has 0 saturated heterocycles. The number of carbonyl (C=O) groups excluding carboxylic acids is 2. The zero-order valence-corrected chi connectivity index (χ0v) is 11.5. The summed E-state index contributed by atoms with van der Waals surface area (Å²) in [6.07, 6.45) is 2.31. The average Bonchev–Trinajstić information content (AvgIpc) is 2.44. The van der Waals surface area contributed by atoms with Gasteiger partial charge in [0.05, 0.1) is 11.5 Å². The van der Waals surface area contributed by atoms with Crippen molar-refractivity contribution in [1.29, 1.82) is 0 Å². The van der Waals surface area contributed by atoms with Crippen LogP contribution in [0, 0.1) is 10.1 Å². The summed E-state index contributed by atoms with van der Waals surface area (Å²) in [5.41, 5.74) is 0.418. The van der Waals surface area contributed by atoms with Crippen LogP contribution < -0.4 is 0 Å². The Labute approximate surface area is 116 Å². The van der Waals surface area contributed by atoms with E-state index < -0.39 is 16.7 Å². The molecule has 20 heavy (non-hydrogen) atoms. The molecule has 1 aromatic carbocycles. The fraction of sp³-hybridized carbons (Fsp3) is 0.429. The SMILES string of the molecule is CCCCc1ccc(C(=O)C(=O)OCC)cc1[N+](=O)[O-]. The first-order valence-electron chi connectivity index (χ1n) is 6.50. The number of nitrogens with zero attached hydrogens (tertiary/aromatic N) is 1. The van der Waals surface area contributed by atoms with Crippen molar-refractivity contribution in [3.8, 4) is 0 Å². The number of unbranched alkanes of at least 4 members (excludes halogenated alkanes) is 1. The van der Waals surface area contributed by atoms with Crippen molar-refractivity contribution in [1.82, 2.24) is 0 Å². The number of hydrogen-bond donors (Lipinski definition) is 0. The monoisotopic (exact) mass is 279 g/mol. The Morgan fingerprint density at radius 1 is 1.30 bits per heavy atom. The van der Waals surface area contributed by atoms with Crippen molar-refractivity contribution in [3.63, 3.8) is 0 Å². The van der Waals surface area contributed by atoms with Gasteiger partial charge >= 0.3 is 5.97 Å². The van der Waals surface area contributed by atoms with Crippen LogP contribution in [0.5, 0.6) is 0 Å². The number of Topliss-reactive ketones (excluding diaryl/α,β-unsaturated/α-hetero) is 1. The molecule has 0 unspecified atom stereocenters. The first kappa shape index (κ1) is 15.8. The number of aryl methyl sites for hydroxylation is 1. The molecule has 0 atom stereocenters. The number of nitro groups is 1. The van der Waals surface area contributed by atoms with Crippen molar-refractivity contribution in [3.05, 3.63) is 39.4 Å². The normalized spacial score (nSPS) is 10.1. The highest BCUT2D eigenvalue weighted by atomic mass is 16.6. The van der Waals surface area contributed by atoms with Crippen molar-refractivity contribution < 1.29 is 19.2 Å². The lowest BCUT2D eigenvalue weighted by Gasteiger charge is -2.05. The molecule has 0 bridgehead atoms. The fourth-order valence-electron chi connectivity index (χ4n) is 1.77. The van der Waals surface area contributed by atoms with Crippen molar-refractivity contribution in [2.45, 2.75) is 33.1 Å². The van der Waals surface area contributed by atoms with Gasteiger partial charge in [-0.25, -0.2) is 4.79 Å². The molecule has 0 N–H and O–H groups in total. The number of esters is 1. The molecule has 0 aromatic heterocycles. The van der Waals surface area contributed by atoms with E-state index in [1.165, 1.54) is 12.1 Å². The molecule has 0 saturated carbocycles. The van der Waals surface area contributed by atoms with E-state index in [1.807, 2.05) is 6.92 Å². The van der Waals surface area contributed by atoms with Crippen molar-refractivity contribution >= 4 is 17.4 Å². The highest BCUT2D eigenvalue weighted by molar-refractivity contribution is 6.40. The second-order valence-corrected chi connectivity index (χ2v) is 4.25. The van der Waals surface area contributed by atoms with E-state index in [9.17, 15) is 19.7 Å². The number of nitro benzene ring substituents is 1. The predicted molar refractivity (Wildman–Crippen MR) is 72.7 cm³/mol. The van der Waals surface area contributed by atoms with Gasteiger partial charge in [-0.05, 0) is 25.8 Å². The smallest absolute Gasteiger partial charge is 0.379 e. The first-order chi connectivity index (χ1) is 9.51. The van der Waals surface area contributed by atoms with Crippen molar-refractivity contribution in [2.24, 2.45) is 0 Å². The standard InChI is InChI=1S/C14H17NO5/c1-3-5-6-10-7-8-11(9-12(10)15(18)19)13(16)14(17)20-4-2/h7-9H,3-6H2,1-2H3. The van der Waals surface area contributed by atoms with Gasteiger partial charge in [0.15, 0.2) is 0 Å². The molecular formula is C14H17NO5. The summed E-state index contributed by atoms with van der Waals surface area (Å²) in [5, 5.41) is 11.0. The zero-order chi connectivity index (χ0) is 15.1. The summed E-state index contributed by atoms with van der Waals surface area (Å²) in [4.78, 5) is 33.6. The van der Waals surface area contributed by atoms with Gasteiger partial charge < -0.3 is 4.74 Å². The van der Waals surface area contributed by atoms with Crippen LogP contribution >= 0.6 is 0 Å². The predicted octanol–water partition coefficient (Wildman–Crippen LogP) is 2.68. The lowest BCUT2D eigenvalue weighted by Crippen LogP contribution is -2.17. The summed E-state index contributed by atoms with van der Waals surface area (Å²) in [7, 11) is 0. The van der Waals surface area contributed by atoms with Gasteiger partial charge in [-0.1, -0.05) is 19.4 Å². The molecular weight excluding hydrogens is 262 g/mol. The number of rotatable bonds is 7. The van der Waals surface area contributed by atoms with E-state index in [0.29, 0.717) is 12.0 Å². The Kier molecular flexibility index (Phi) is 5.83. The Hall–Kier alpha value is -2.24. The van der Waals surface area contributed by atoms with Gasteiger partial charge in [0.25, 0.3) is 11.5 Å². The molecule has 6 heteroatoms. The topological polar surface area (TPSA) is 86.5 Å². The highest BCUT2D eigenvalue weighted by Crippen LogP contribution is 2.22. The maximum Gasteiger partial charge on any atom is 0.379 e. The lowest BCUT2D eigenvalue weighted by atomic mass is 10.0. The van der Waals surface area contributed by atoms with Crippen LogP contribution in [0.2, 0.25) is 0 Å². The number of carbonyl (C=O) groups is 2. The summed E-state index contributed by atoms with van der Waals surface area (Å²) in [6, 6.07) is 4.10. The number of hydrogen-bond acceptors (Lipinski definition) is 5. The fourth-order valence-corrected chi connectivity index (χ4v) is 1.77. The minimum absolute atomic E-state index is 0.0181. The summed E-state index contributed by atoms with van der Waals surface area (Å²) in [6.45, 7) is 3.66. The third-order valence-corrected chi connectivity index (χ3v) is 2.80. The second-order valence-electron chi connectivity index (χ2n) is 4.25. The summed E-state index contributed by atoms with van der Waals surface area (Å²) >= 11 is 0. The van der Waals surface area contributed by atoms with Crippen LogP contribution in [0.15, 0.2) is 18.2 Å². The molecule has 1 rings (SSSR count). The summed E-state index contributed by atoms with van der Waals surface area (Å²) < 4.78 is 4.60. The van der Waals surface area contributed by atoms with Crippen LogP contribution in [-0.4, -0.2) is 23.3 Å². The van der Waals surface area contributed by atoms with Gasteiger partial charge in [0, 0.05) is 17.2 Å². The quantitative estimate of drug-likeness (QED) is 0.252. The maximum atomic E-state index is 11.7. The number of benzene rings is 1. The molecule has 108 valence electrons. The maximum absolute atomic E-state index is 11.7. The molecule has 0 spiro atoms. The van der Waals surface area contributed by atoms with E-state index in [-0.39, 0.29) is 17.9 Å². The Morgan fingerprint density at radius 3 is 2.55 bits per heavy atom. The van der Waals surface area contributed by atoms with Crippen LogP contribution in [0.3, 0.4) is 0 Å². The van der Waals surface area contributed by atoms with Crippen LogP contribution in [0.25, 0.3) is 0 Å². The molecule has 0 heterocycles. The van der Waals surface area contributed by atoms with Gasteiger partial charge in [-0.3, -0.25) is 14.9 Å². The third kappa shape index (κ3) is 3.88. The van der Waals surface area contributed by atoms with E-state index in [1.54, 1.807) is 6.92 Å². The largest absolute Gasteiger partial charge is 0.460 e. The van der Waals surface area contributed by atoms with E-state index in [0.717, 1.165) is 18.9 Å². The van der Waals surface area contributed by atoms with Crippen LogP contribution in [0.1, 0.15) is 42.6 Å². The molecule has 0 radical (unpaired) electrons. The molecule has 0 fully saturated rings. The van der Waals surface area contributed by atoms with Gasteiger partial charge in [-0.2, -0.15) is 0 Å². The van der Waals surface area contributed by atoms with E-state index >= 15 is 0 Å². The van der Waals surface area contributed by atoms with Crippen LogP contribution in [0.4, 0.5) is 5.69 Å². The molecule has 0 amide bonds. The molecule has 0 aliphatic heterocycles. The number of ketones is 1. The Bertz CT molecular complexity index is 524. The highest BCUT2D eigenvalue weighted by Gasteiger charge is 2.22. The third-order valence-electron chi connectivity index (χ3n) is 2.80. The van der Waals surface area contributed by atoms with E-state index in [2.05, 4.69) is 4.74 Å². The Morgan fingerprint density at radius 2 is 2.00 bits per heavy atom. The van der Waals surface area contributed by atoms with Crippen molar-refractivity contribution in [2.75, 3.05) is 6.61 Å². The van der Waals surface area contributed by atoms with Crippen LogP contribution in [-0.2, 0) is 16.0 Å². The first-order valence-corrected chi connectivity index (χ1v) is 6.50. The lowest BCUT2D eigenvalue weighted by molar-refractivity contribution is -0.385. The zero-order valence-electron chi connectivity index (χ0n) is 11.5. The van der Waals surface area contributed by atoms with Gasteiger partial charge in [0.2, 0.25) is 0 Å². The minimum atomic E-state index is -0.997. The second kappa shape index (κ2) is 7.37.